The minimum Gasteiger partial charge on any atom is -0.294 e. The average Bonchev–Trinajstić information content (AvgIpc) is 2.32. The molecule has 0 aliphatic heterocycles. The summed E-state index contributed by atoms with van der Waals surface area (Å²) in [5, 5.41) is 0. The zero-order valence-electron chi connectivity index (χ0n) is 10.2. The summed E-state index contributed by atoms with van der Waals surface area (Å²) in [5.41, 5.74) is 1.99. The number of rotatable bonds is 3. The third-order valence-electron chi connectivity index (χ3n) is 2.64. The van der Waals surface area contributed by atoms with E-state index in [-0.39, 0.29) is 5.78 Å². The third kappa shape index (κ3) is 3.03. The van der Waals surface area contributed by atoms with Crippen molar-refractivity contribution in [3.05, 3.63) is 58.1 Å². The Balaban J connectivity index is 2.42. The first kappa shape index (κ1) is 13.4. The Morgan fingerprint density at radius 3 is 2.50 bits per heavy atom. The Labute approximate surface area is 120 Å². The van der Waals surface area contributed by atoms with E-state index < -0.39 is 0 Å². The number of benzene rings is 2. The molecule has 0 N–H and O–H groups in total. The first-order valence-corrected chi connectivity index (χ1v) is 7.23. The molecule has 0 saturated carbocycles. The number of carbonyl (C=O) groups excluding carboxylic acids is 1. The van der Waals surface area contributed by atoms with Crippen LogP contribution < -0.4 is 0 Å². The fourth-order valence-electron chi connectivity index (χ4n) is 1.66. The van der Waals surface area contributed by atoms with E-state index in [1.54, 1.807) is 18.7 Å². The quantitative estimate of drug-likeness (QED) is 0.731. The van der Waals surface area contributed by atoms with Crippen LogP contribution >= 0.6 is 27.7 Å². The first-order chi connectivity index (χ1) is 8.58. The van der Waals surface area contributed by atoms with Crippen LogP contribution in [0.3, 0.4) is 0 Å². The normalized spacial score (nSPS) is 10.4. The zero-order valence-corrected chi connectivity index (χ0v) is 12.6. The molecular formula is C15H13BrOS. The maximum absolute atomic E-state index is 11.6. The summed E-state index contributed by atoms with van der Waals surface area (Å²) in [5.74, 6) is 0.0959. The lowest BCUT2D eigenvalue weighted by atomic mass is 10.1. The maximum atomic E-state index is 11.6. The van der Waals surface area contributed by atoms with Gasteiger partial charge in [-0.25, -0.2) is 0 Å². The van der Waals surface area contributed by atoms with Gasteiger partial charge in [-0.1, -0.05) is 45.9 Å². The van der Waals surface area contributed by atoms with E-state index in [1.807, 2.05) is 30.3 Å². The van der Waals surface area contributed by atoms with Gasteiger partial charge in [-0.3, -0.25) is 4.79 Å². The molecule has 2 aromatic rings. The van der Waals surface area contributed by atoms with Gasteiger partial charge >= 0.3 is 0 Å². The summed E-state index contributed by atoms with van der Waals surface area (Å²) in [6.07, 6.45) is 0. The number of aryl methyl sites for hydroxylation is 1. The molecule has 0 unspecified atom stereocenters. The Bertz CT molecular complexity index is 593. The Morgan fingerprint density at radius 1 is 1.11 bits per heavy atom. The first-order valence-electron chi connectivity index (χ1n) is 5.62. The van der Waals surface area contributed by atoms with Crippen LogP contribution in [0.25, 0.3) is 0 Å². The highest BCUT2D eigenvalue weighted by atomic mass is 79.9. The lowest BCUT2D eigenvalue weighted by Crippen LogP contribution is -1.95. The Morgan fingerprint density at radius 2 is 1.83 bits per heavy atom. The summed E-state index contributed by atoms with van der Waals surface area (Å²) >= 11 is 5.09. The number of halogens is 1. The molecule has 0 atom stereocenters. The molecule has 0 heterocycles. The molecule has 0 spiro atoms. The van der Waals surface area contributed by atoms with Crippen LogP contribution in [0.2, 0.25) is 0 Å². The predicted octanol–water partition coefficient (Wildman–Crippen LogP) is 5.11. The van der Waals surface area contributed by atoms with Gasteiger partial charge < -0.3 is 0 Å². The smallest absolute Gasteiger partial charge is 0.160 e. The fraction of sp³-hybridized carbons (Fsp3) is 0.133. The van der Waals surface area contributed by atoms with Crippen molar-refractivity contribution in [1.82, 2.24) is 0 Å². The molecule has 0 saturated heterocycles. The molecule has 2 rings (SSSR count). The summed E-state index contributed by atoms with van der Waals surface area (Å²) in [6, 6.07) is 13.9. The van der Waals surface area contributed by atoms with Crippen LogP contribution in [0, 0.1) is 6.92 Å². The van der Waals surface area contributed by atoms with Crippen molar-refractivity contribution in [1.29, 1.82) is 0 Å². The molecule has 0 bridgehead atoms. The maximum Gasteiger partial charge on any atom is 0.160 e. The van der Waals surface area contributed by atoms with Crippen LogP contribution in [0.5, 0.6) is 0 Å². The van der Waals surface area contributed by atoms with Crippen molar-refractivity contribution in [2.75, 3.05) is 0 Å². The standard InChI is InChI=1S/C15H13BrOS/c1-10-5-3-4-6-14(10)18-15-9-12(16)7-8-13(15)11(2)17/h3-9H,1-2H3. The van der Waals surface area contributed by atoms with Gasteiger partial charge in [0.15, 0.2) is 5.78 Å². The number of carbonyl (C=O) groups is 1. The average molecular weight is 321 g/mol. The summed E-state index contributed by atoms with van der Waals surface area (Å²) < 4.78 is 0.989. The van der Waals surface area contributed by atoms with Crippen LogP contribution in [0.1, 0.15) is 22.8 Å². The molecule has 0 amide bonds. The number of ketones is 1. The summed E-state index contributed by atoms with van der Waals surface area (Å²) in [4.78, 5) is 13.8. The zero-order chi connectivity index (χ0) is 13.1. The molecule has 0 aromatic heterocycles. The second kappa shape index (κ2) is 5.72. The van der Waals surface area contributed by atoms with Crippen LogP contribution in [0.15, 0.2) is 56.7 Å². The van der Waals surface area contributed by atoms with E-state index >= 15 is 0 Å². The number of hydrogen-bond donors (Lipinski definition) is 0. The van der Waals surface area contributed by atoms with Gasteiger partial charge in [0.05, 0.1) is 0 Å². The fourth-order valence-corrected chi connectivity index (χ4v) is 3.29. The van der Waals surface area contributed by atoms with Gasteiger partial charge in [-0.15, -0.1) is 0 Å². The Kier molecular flexibility index (Phi) is 4.25. The summed E-state index contributed by atoms with van der Waals surface area (Å²) in [7, 11) is 0. The second-order valence-electron chi connectivity index (χ2n) is 4.06. The van der Waals surface area contributed by atoms with Crippen molar-refractivity contribution < 1.29 is 4.79 Å². The van der Waals surface area contributed by atoms with E-state index in [0.717, 1.165) is 14.9 Å². The molecule has 3 heteroatoms. The van der Waals surface area contributed by atoms with E-state index in [2.05, 4.69) is 35.0 Å². The lowest BCUT2D eigenvalue weighted by Gasteiger charge is -2.09. The van der Waals surface area contributed by atoms with Crippen molar-refractivity contribution in [3.8, 4) is 0 Å². The van der Waals surface area contributed by atoms with Crippen molar-refractivity contribution in [2.45, 2.75) is 23.6 Å². The van der Waals surface area contributed by atoms with Crippen molar-refractivity contribution in [2.24, 2.45) is 0 Å². The van der Waals surface area contributed by atoms with Crippen LogP contribution in [-0.2, 0) is 0 Å². The van der Waals surface area contributed by atoms with E-state index in [9.17, 15) is 4.79 Å². The number of hydrogen-bond acceptors (Lipinski definition) is 2. The molecule has 18 heavy (non-hydrogen) atoms. The molecule has 0 aliphatic rings. The number of Topliss-reactive ketones (excluding diaryl/α,β-unsaturated/α-hetero) is 1. The highest BCUT2D eigenvalue weighted by molar-refractivity contribution is 9.10. The SMILES string of the molecule is CC(=O)c1ccc(Br)cc1Sc1ccccc1C. The van der Waals surface area contributed by atoms with Crippen LogP contribution in [-0.4, -0.2) is 5.78 Å². The molecule has 0 radical (unpaired) electrons. The topological polar surface area (TPSA) is 17.1 Å². The van der Waals surface area contributed by atoms with Gasteiger partial charge in [0.25, 0.3) is 0 Å². The minimum atomic E-state index is 0.0959. The lowest BCUT2D eigenvalue weighted by molar-refractivity contribution is 0.101. The van der Waals surface area contributed by atoms with E-state index in [0.29, 0.717) is 0 Å². The van der Waals surface area contributed by atoms with Gasteiger partial charge in [0, 0.05) is 19.8 Å². The van der Waals surface area contributed by atoms with Crippen molar-refractivity contribution >= 4 is 33.5 Å². The second-order valence-corrected chi connectivity index (χ2v) is 6.06. The van der Waals surface area contributed by atoms with Crippen LogP contribution in [0.4, 0.5) is 0 Å². The third-order valence-corrected chi connectivity index (χ3v) is 4.37. The largest absolute Gasteiger partial charge is 0.294 e. The summed E-state index contributed by atoms with van der Waals surface area (Å²) in [6.45, 7) is 3.68. The molecular weight excluding hydrogens is 308 g/mol. The molecule has 1 nitrogen and oxygen atoms in total. The van der Waals surface area contributed by atoms with E-state index in [1.165, 1.54) is 10.5 Å². The van der Waals surface area contributed by atoms with Gasteiger partial charge in [0.2, 0.25) is 0 Å². The minimum absolute atomic E-state index is 0.0959. The highest BCUT2D eigenvalue weighted by Crippen LogP contribution is 2.34. The molecule has 0 fully saturated rings. The Hall–Kier alpha value is -1.06. The monoisotopic (exact) mass is 320 g/mol. The van der Waals surface area contributed by atoms with Gasteiger partial charge in [0.1, 0.15) is 0 Å². The van der Waals surface area contributed by atoms with E-state index in [4.69, 9.17) is 0 Å². The predicted molar refractivity (Wildman–Crippen MR) is 79.4 cm³/mol. The molecule has 2 aromatic carbocycles. The van der Waals surface area contributed by atoms with Gasteiger partial charge in [-0.2, -0.15) is 0 Å². The highest BCUT2D eigenvalue weighted by Gasteiger charge is 2.10. The molecule has 92 valence electrons. The molecule has 0 aliphatic carbocycles. The van der Waals surface area contributed by atoms with Crippen molar-refractivity contribution in [3.63, 3.8) is 0 Å². The van der Waals surface area contributed by atoms with Gasteiger partial charge in [-0.05, 0) is 43.7 Å².